The second-order valence-corrected chi connectivity index (χ2v) is 9.05. The summed E-state index contributed by atoms with van der Waals surface area (Å²) in [4.78, 5) is 41.8. The summed E-state index contributed by atoms with van der Waals surface area (Å²) in [7, 11) is 1.57. The first-order chi connectivity index (χ1) is 16.5. The van der Waals surface area contributed by atoms with Gasteiger partial charge in [-0.25, -0.2) is 0 Å². The number of ether oxygens (including phenoxy) is 1. The van der Waals surface area contributed by atoms with E-state index in [0.717, 1.165) is 18.8 Å². The number of nitrogens with zero attached hydrogens (tertiary/aromatic N) is 2. The fourth-order valence-corrected chi connectivity index (χ4v) is 4.13. The summed E-state index contributed by atoms with van der Waals surface area (Å²) in [6.45, 7) is 3.00. The molecule has 9 heteroatoms. The Hall–Kier alpha value is -3.04. The van der Waals surface area contributed by atoms with Gasteiger partial charge < -0.3 is 25.2 Å². The van der Waals surface area contributed by atoms with Crippen molar-refractivity contribution in [2.45, 2.75) is 12.5 Å². The lowest BCUT2D eigenvalue weighted by atomic mass is 10.1. The van der Waals surface area contributed by atoms with E-state index in [4.69, 9.17) is 4.74 Å². The molecule has 1 fully saturated rings. The number of nitrogens with one attached hydrogen (secondary N) is 2. The quantitative estimate of drug-likeness (QED) is 0.539. The molecule has 0 radical (unpaired) electrons. The largest absolute Gasteiger partial charge is 0.378 e. The van der Waals surface area contributed by atoms with Crippen LogP contribution in [0.3, 0.4) is 0 Å². The van der Waals surface area contributed by atoms with Crippen molar-refractivity contribution in [3.8, 4) is 0 Å². The maximum absolute atomic E-state index is 13.0. The third kappa shape index (κ3) is 7.50. The molecule has 1 saturated heterocycles. The van der Waals surface area contributed by atoms with Gasteiger partial charge >= 0.3 is 0 Å². The number of morpholine rings is 1. The summed E-state index contributed by atoms with van der Waals surface area (Å²) in [5.41, 5.74) is 2.24. The normalized spacial score (nSPS) is 14.2. The number of carbonyl (C=O) groups excluding carboxylic acids is 3. The fourth-order valence-electron chi connectivity index (χ4n) is 3.66. The van der Waals surface area contributed by atoms with Gasteiger partial charge in [0.25, 0.3) is 5.91 Å². The Morgan fingerprint density at radius 3 is 2.38 bits per heavy atom. The molecule has 0 saturated carbocycles. The van der Waals surface area contributed by atoms with Gasteiger partial charge in [-0.3, -0.25) is 14.4 Å². The Balaban J connectivity index is 1.54. The Kier molecular flexibility index (Phi) is 9.78. The van der Waals surface area contributed by atoms with Crippen LogP contribution in [0, 0.1) is 0 Å². The zero-order valence-electron chi connectivity index (χ0n) is 19.7. The average molecular weight is 485 g/mol. The molecule has 2 aromatic rings. The number of amides is 3. The summed E-state index contributed by atoms with van der Waals surface area (Å²) in [5, 5.41) is 5.66. The van der Waals surface area contributed by atoms with Gasteiger partial charge in [0.2, 0.25) is 11.8 Å². The maximum Gasteiger partial charge on any atom is 0.251 e. The first-order valence-corrected chi connectivity index (χ1v) is 12.7. The highest BCUT2D eigenvalue weighted by molar-refractivity contribution is 7.98. The van der Waals surface area contributed by atoms with E-state index in [1.807, 2.05) is 36.6 Å². The van der Waals surface area contributed by atoms with Crippen LogP contribution in [0.15, 0.2) is 54.6 Å². The number of likely N-dealkylation sites (N-methyl/N-ethyl adjacent to an activating group) is 1. The molecule has 8 nitrogen and oxygen atoms in total. The van der Waals surface area contributed by atoms with Crippen LogP contribution in [0.4, 0.5) is 11.4 Å². The molecule has 1 heterocycles. The van der Waals surface area contributed by atoms with E-state index < -0.39 is 6.04 Å². The van der Waals surface area contributed by atoms with Gasteiger partial charge in [0.15, 0.2) is 0 Å². The van der Waals surface area contributed by atoms with Crippen LogP contribution in [-0.4, -0.2) is 80.6 Å². The van der Waals surface area contributed by atoms with E-state index in [-0.39, 0.29) is 24.3 Å². The third-order valence-electron chi connectivity index (χ3n) is 5.53. The van der Waals surface area contributed by atoms with Crippen molar-refractivity contribution in [3.05, 3.63) is 60.2 Å². The fraction of sp³-hybridized carbons (Fsp3) is 0.400. The minimum Gasteiger partial charge on any atom is -0.378 e. The molecule has 0 bridgehead atoms. The lowest BCUT2D eigenvalue weighted by molar-refractivity contribution is -0.135. The van der Waals surface area contributed by atoms with Crippen LogP contribution in [-0.2, 0) is 14.3 Å². The van der Waals surface area contributed by atoms with E-state index >= 15 is 0 Å². The van der Waals surface area contributed by atoms with Crippen LogP contribution in [0.5, 0.6) is 0 Å². The highest BCUT2D eigenvalue weighted by Crippen LogP contribution is 2.19. The molecule has 0 aromatic heterocycles. The van der Waals surface area contributed by atoms with Gasteiger partial charge in [0.1, 0.15) is 6.04 Å². The summed E-state index contributed by atoms with van der Waals surface area (Å²) in [5.74, 6) is -0.191. The first-order valence-electron chi connectivity index (χ1n) is 11.3. The summed E-state index contributed by atoms with van der Waals surface area (Å²) in [6, 6.07) is 15.7. The molecule has 1 aliphatic heterocycles. The molecular weight excluding hydrogens is 452 g/mol. The van der Waals surface area contributed by atoms with Crippen LogP contribution in [0.25, 0.3) is 0 Å². The zero-order valence-corrected chi connectivity index (χ0v) is 20.5. The number of carbonyl (C=O) groups is 3. The van der Waals surface area contributed by atoms with Crippen LogP contribution in [0.2, 0.25) is 0 Å². The van der Waals surface area contributed by atoms with E-state index in [1.165, 1.54) is 4.90 Å². The van der Waals surface area contributed by atoms with Gasteiger partial charge in [0, 0.05) is 37.1 Å². The lowest BCUT2D eigenvalue weighted by Crippen LogP contribution is -2.49. The van der Waals surface area contributed by atoms with Crippen LogP contribution >= 0.6 is 11.8 Å². The van der Waals surface area contributed by atoms with Crippen molar-refractivity contribution in [1.82, 2.24) is 10.2 Å². The number of rotatable bonds is 10. The van der Waals surface area contributed by atoms with Gasteiger partial charge in [-0.15, -0.1) is 0 Å². The predicted octanol–water partition coefficient (Wildman–Crippen LogP) is 2.47. The number of thioether (sulfide) groups is 1. The molecule has 1 aliphatic rings. The van der Waals surface area contributed by atoms with Crippen molar-refractivity contribution >= 4 is 40.9 Å². The maximum atomic E-state index is 13.0. The molecule has 182 valence electrons. The molecule has 0 spiro atoms. The molecule has 34 heavy (non-hydrogen) atoms. The lowest BCUT2D eigenvalue weighted by Gasteiger charge is -2.29. The number of hydrogen-bond acceptors (Lipinski definition) is 6. The van der Waals surface area contributed by atoms with Gasteiger partial charge in [-0.05, 0) is 54.8 Å². The smallest absolute Gasteiger partial charge is 0.251 e. The summed E-state index contributed by atoms with van der Waals surface area (Å²) in [6.07, 6.45) is 2.43. The van der Waals surface area contributed by atoms with Gasteiger partial charge in [-0.1, -0.05) is 18.2 Å². The second kappa shape index (κ2) is 13.0. The van der Waals surface area contributed by atoms with Crippen molar-refractivity contribution in [2.24, 2.45) is 0 Å². The summed E-state index contributed by atoms with van der Waals surface area (Å²) < 4.78 is 5.38. The Labute approximate surface area is 205 Å². The number of benzene rings is 2. The Morgan fingerprint density at radius 2 is 1.74 bits per heavy atom. The molecule has 2 aromatic carbocycles. The standard InChI is InChI=1S/C25H32N4O4S/c1-28(25(32)22(12-17-34-2)27-24(31)19-6-4-3-5-7-19)18-23(30)26-20-8-10-21(11-9-20)29-13-15-33-16-14-29/h3-11,22H,12-18H2,1-2H3,(H,26,30)(H,27,31)/t22-/m0/s1. The van der Waals surface area contributed by atoms with Crippen molar-refractivity contribution in [3.63, 3.8) is 0 Å². The van der Waals surface area contributed by atoms with E-state index in [9.17, 15) is 14.4 Å². The number of hydrogen-bond donors (Lipinski definition) is 2. The molecule has 3 amide bonds. The van der Waals surface area contributed by atoms with Crippen molar-refractivity contribution in [2.75, 3.05) is 62.1 Å². The molecule has 0 aliphatic carbocycles. The Morgan fingerprint density at radius 1 is 1.06 bits per heavy atom. The molecule has 3 rings (SSSR count). The van der Waals surface area contributed by atoms with Crippen LogP contribution < -0.4 is 15.5 Å². The van der Waals surface area contributed by atoms with Crippen molar-refractivity contribution in [1.29, 1.82) is 0 Å². The zero-order chi connectivity index (χ0) is 24.3. The highest BCUT2D eigenvalue weighted by atomic mass is 32.2. The predicted molar refractivity (Wildman–Crippen MR) is 136 cm³/mol. The third-order valence-corrected chi connectivity index (χ3v) is 6.18. The minimum absolute atomic E-state index is 0.110. The number of anilines is 2. The van der Waals surface area contributed by atoms with Crippen LogP contribution in [0.1, 0.15) is 16.8 Å². The molecule has 2 N–H and O–H groups in total. The monoisotopic (exact) mass is 484 g/mol. The Bertz CT molecular complexity index is 949. The molecular formula is C25H32N4O4S. The SMILES string of the molecule is CSCC[C@H](NC(=O)c1ccccc1)C(=O)N(C)CC(=O)Nc1ccc(N2CCOCC2)cc1. The topological polar surface area (TPSA) is 91.0 Å². The molecule has 1 atom stereocenters. The van der Waals surface area contributed by atoms with E-state index in [1.54, 1.807) is 43.1 Å². The van der Waals surface area contributed by atoms with Crippen molar-refractivity contribution < 1.29 is 19.1 Å². The van der Waals surface area contributed by atoms with E-state index in [0.29, 0.717) is 36.6 Å². The first kappa shape index (κ1) is 25.6. The second-order valence-electron chi connectivity index (χ2n) is 8.06. The van der Waals surface area contributed by atoms with E-state index in [2.05, 4.69) is 15.5 Å². The van der Waals surface area contributed by atoms with Gasteiger partial charge in [-0.2, -0.15) is 11.8 Å². The highest BCUT2D eigenvalue weighted by Gasteiger charge is 2.25. The average Bonchev–Trinajstić information content (AvgIpc) is 2.87. The van der Waals surface area contributed by atoms with Gasteiger partial charge in [0.05, 0.1) is 19.8 Å². The summed E-state index contributed by atoms with van der Waals surface area (Å²) >= 11 is 1.60. The molecule has 0 unspecified atom stereocenters. The minimum atomic E-state index is -0.703.